The Balaban J connectivity index is 1.55. The second kappa shape index (κ2) is 10.8. The van der Waals surface area contributed by atoms with Gasteiger partial charge in [0, 0.05) is 35.3 Å². The average Bonchev–Trinajstić information content (AvgIpc) is 3.48. The van der Waals surface area contributed by atoms with Crippen LogP contribution in [-0.4, -0.2) is 48.8 Å². The number of benzene rings is 2. The molecule has 2 aliphatic heterocycles. The highest BCUT2D eigenvalue weighted by atomic mass is 19.3. The number of para-hydroxylation sites is 2. The van der Waals surface area contributed by atoms with E-state index in [1.807, 2.05) is 54.8 Å². The number of carbonyl (C=O) groups excluding carboxylic acids is 2. The summed E-state index contributed by atoms with van der Waals surface area (Å²) in [5.74, 6) is -0.272. The van der Waals surface area contributed by atoms with E-state index in [2.05, 4.69) is 15.3 Å². The summed E-state index contributed by atoms with van der Waals surface area (Å²) in [4.78, 5) is 42.3. The third-order valence-electron chi connectivity index (χ3n) is 7.61. The van der Waals surface area contributed by atoms with Crippen LogP contribution in [-0.2, 0) is 0 Å². The number of Topliss-reactive ketones (excluding diaryl/α,β-unsaturated/α-hetero) is 1. The van der Waals surface area contributed by atoms with Crippen LogP contribution >= 0.6 is 0 Å². The summed E-state index contributed by atoms with van der Waals surface area (Å²) in [6.45, 7) is 2.29. The fraction of sp³-hybridized carbons (Fsp3) is 0.258. The summed E-state index contributed by atoms with van der Waals surface area (Å²) in [6.07, 6.45) is 9.02. The van der Waals surface area contributed by atoms with E-state index < -0.39 is 18.7 Å². The number of aromatic nitrogens is 4. The molecule has 0 fully saturated rings. The third-order valence-corrected chi connectivity index (χ3v) is 7.61. The monoisotopic (exact) mass is 570 g/mol. The Bertz CT molecular complexity index is 1750. The molecule has 0 aliphatic carbocycles. The van der Waals surface area contributed by atoms with Crippen LogP contribution in [0.15, 0.2) is 73.2 Å². The van der Waals surface area contributed by atoms with Gasteiger partial charge >= 0.3 is 6.61 Å². The van der Waals surface area contributed by atoms with E-state index in [4.69, 9.17) is 9.72 Å². The lowest BCUT2D eigenvalue weighted by molar-refractivity contribution is -0.0495. The van der Waals surface area contributed by atoms with E-state index in [9.17, 15) is 18.4 Å². The smallest absolute Gasteiger partial charge is 0.387 e. The van der Waals surface area contributed by atoms with Crippen molar-refractivity contribution < 1.29 is 23.1 Å². The first-order valence-corrected chi connectivity index (χ1v) is 13.6. The molecule has 1 amide bonds. The average molecular weight is 571 g/mol. The van der Waals surface area contributed by atoms with E-state index in [0.717, 1.165) is 11.0 Å². The van der Waals surface area contributed by atoms with Gasteiger partial charge in [-0.25, -0.2) is 15.0 Å². The molecule has 42 heavy (non-hydrogen) atoms. The fourth-order valence-electron chi connectivity index (χ4n) is 5.87. The quantitative estimate of drug-likeness (QED) is 0.267. The van der Waals surface area contributed by atoms with E-state index in [1.165, 1.54) is 24.4 Å². The van der Waals surface area contributed by atoms with Gasteiger partial charge in [0.25, 0.3) is 5.91 Å². The predicted octanol–water partition coefficient (Wildman–Crippen LogP) is 5.81. The number of alkyl halides is 2. The van der Waals surface area contributed by atoms with Gasteiger partial charge in [-0.2, -0.15) is 8.78 Å². The number of nitrogens with zero attached hydrogens (tertiary/aromatic N) is 5. The van der Waals surface area contributed by atoms with Crippen LogP contribution in [0.5, 0.6) is 5.75 Å². The van der Waals surface area contributed by atoms with Crippen molar-refractivity contribution in [2.45, 2.75) is 51.9 Å². The molecule has 2 aromatic heterocycles. The molecule has 1 N–H and O–H groups in total. The highest BCUT2D eigenvalue weighted by Crippen LogP contribution is 2.49. The molecule has 2 aliphatic rings. The number of ether oxygens (including phenoxy) is 1. The molecule has 4 aromatic rings. The first kappa shape index (κ1) is 27.3. The Morgan fingerprint density at radius 3 is 2.62 bits per heavy atom. The van der Waals surface area contributed by atoms with Crippen LogP contribution in [0.3, 0.4) is 0 Å². The van der Waals surface area contributed by atoms with Gasteiger partial charge in [-0.05, 0) is 57.5 Å². The second-order valence-corrected chi connectivity index (χ2v) is 10.1. The number of hydrogen-bond donors (Lipinski definition) is 1. The van der Waals surface area contributed by atoms with Gasteiger partial charge < -0.3 is 19.5 Å². The molecule has 0 saturated heterocycles. The van der Waals surface area contributed by atoms with Crippen LogP contribution in [0.1, 0.15) is 71.6 Å². The number of halogens is 2. The summed E-state index contributed by atoms with van der Waals surface area (Å²) < 4.78 is 34.5. The van der Waals surface area contributed by atoms with Gasteiger partial charge in [-0.15, -0.1) is 0 Å². The summed E-state index contributed by atoms with van der Waals surface area (Å²) >= 11 is 0. The fourth-order valence-corrected chi connectivity index (χ4v) is 5.87. The highest BCUT2D eigenvalue weighted by Gasteiger charge is 2.43. The Kier molecular flexibility index (Phi) is 7.01. The molecular formula is C31H28F2N6O3. The second-order valence-electron chi connectivity index (χ2n) is 10.1. The Hall–Kier alpha value is -4.93. The van der Waals surface area contributed by atoms with Crippen molar-refractivity contribution in [3.63, 3.8) is 0 Å². The van der Waals surface area contributed by atoms with E-state index in [1.54, 1.807) is 24.2 Å². The molecule has 9 nitrogen and oxygen atoms in total. The first-order valence-electron chi connectivity index (χ1n) is 13.6. The Morgan fingerprint density at radius 1 is 1.12 bits per heavy atom. The third kappa shape index (κ3) is 4.50. The SMILES string of the molecule is CC=CN(C=CC)C(C)C(=O)c1nccc(-c2c(OC(F)F)ccc3c2[C@H]2C[C@@H](NC3=O)c3nc4ccccc4n32)n1. The zero-order valence-electron chi connectivity index (χ0n) is 23.2. The van der Waals surface area contributed by atoms with Crippen molar-refractivity contribution in [2.24, 2.45) is 0 Å². The minimum absolute atomic E-state index is 0.0873. The maximum Gasteiger partial charge on any atom is 0.387 e. The molecule has 6 rings (SSSR count). The van der Waals surface area contributed by atoms with Crippen molar-refractivity contribution in [2.75, 3.05) is 0 Å². The molecular weight excluding hydrogens is 542 g/mol. The molecule has 1 unspecified atom stereocenters. The van der Waals surface area contributed by atoms with Gasteiger partial charge in [0.1, 0.15) is 11.6 Å². The van der Waals surface area contributed by atoms with Gasteiger partial charge in [0.05, 0.1) is 34.9 Å². The minimum Gasteiger partial charge on any atom is -0.434 e. The lowest BCUT2D eigenvalue weighted by Gasteiger charge is -2.24. The molecule has 214 valence electrons. The molecule has 4 heterocycles. The lowest BCUT2D eigenvalue weighted by atomic mass is 9.90. The summed E-state index contributed by atoms with van der Waals surface area (Å²) in [5, 5.41) is 3.05. The van der Waals surface area contributed by atoms with Gasteiger partial charge in [0.15, 0.2) is 5.82 Å². The number of imidazole rings is 1. The molecule has 2 bridgehead atoms. The maximum absolute atomic E-state index is 13.7. The number of nitrogens with one attached hydrogen (secondary N) is 1. The minimum atomic E-state index is -3.12. The van der Waals surface area contributed by atoms with Crippen LogP contribution in [0, 0.1) is 0 Å². The Morgan fingerprint density at radius 2 is 1.88 bits per heavy atom. The number of amides is 1. The van der Waals surface area contributed by atoms with Crippen LogP contribution in [0.2, 0.25) is 0 Å². The van der Waals surface area contributed by atoms with Crippen molar-refractivity contribution in [3.8, 4) is 17.0 Å². The molecule has 0 saturated carbocycles. The predicted molar refractivity (Wildman–Crippen MR) is 152 cm³/mol. The molecule has 2 aromatic carbocycles. The van der Waals surface area contributed by atoms with E-state index in [0.29, 0.717) is 23.4 Å². The van der Waals surface area contributed by atoms with Gasteiger partial charge in [0.2, 0.25) is 5.78 Å². The Labute approximate surface area is 240 Å². The number of rotatable bonds is 8. The van der Waals surface area contributed by atoms with Crippen LogP contribution < -0.4 is 10.1 Å². The number of carbonyl (C=O) groups is 2. The van der Waals surface area contributed by atoms with Crippen molar-refractivity contribution in [3.05, 3.63) is 96.0 Å². The largest absolute Gasteiger partial charge is 0.434 e. The summed E-state index contributed by atoms with van der Waals surface area (Å²) in [7, 11) is 0. The summed E-state index contributed by atoms with van der Waals surface area (Å²) in [5.41, 5.74) is 2.81. The zero-order valence-corrected chi connectivity index (χ0v) is 23.2. The van der Waals surface area contributed by atoms with E-state index >= 15 is 0 Å². The number of hydrogen-bond acceptors (Lipinski definition) is 7. The number of fused-ring (bicyclic) bond motifs is 9. The number of allylic oxidation sites excluding steroid dienone is 2. The first-order chi connectivity index (χ1) is 20.3. The molecule has 0 spiro atoms. The highest BCUT2D eigenvalue weighted by molar-refractivity contribution is 6.00. The topological polar surface area (TPSA) is 102 Å². The summed E-state index contributed by atoms with van der Waals surface area (Å²) in [6, 6.07) is 10.5. The van der Waals surface area contributed by atoms with E-state index in [-0.39, 0.29) is 40.6 Å². The number of ketones is 1. The van der Waals surface area contributed by atoms with Gasteiger partial charge in [-0.1, -0.05) is 24.3 Å². The lowest BCUT2D eigenvalue weighted by Crippen LogP contribution is -2.32. The standard InChI is InChI=1S/C31H28F2N6O3/c1-4-14-38(15-5-2)17(3)27(40)28-34-13-12-20(35-28)26-24(42-31(32)33)11-10-18-25(26)23-16-21(37-30(18)41)29-36-19-8-6-7-9-22(19)39(23)29/h4-15,17,21,23,31H,16H2,1-3H3,(H,37,41)/t17?,21-,23-/m1/s1. The van der Waals surface area contributed by atoms with Gasteiger partial charge in [-0.3, -0.25) is 9.59 Å². The van der Waals surface area contributed by atoms with Crippen molar-refractivity contribution >= 4 is 22.7 Å². The molecule has 3 atom stereocenters. The molecule has 11 heteroatoms. The zero-order chi connectivity index (χ0) is 29.5. The van der Waals surface area contributed by atoms with Crippen molar-refractivity contribution in [1.29, 1.82) is 0 Å². The maximum atomic E-state index is 13.7. The van der Waals surface area contributed by atoms with Crippen LogP contribution in [0.4, 0.5) is 8.78 Å². The van der Waals surface area contributed by atoms with Crippen molar-refractivity contribution in [1.82, 2.24) is 29.7 Å². The van der Waals surface area contributed by atoms with Crippen LogP contribution in [0.25, 0.3) is 22.3 Å². The normalized spacial score (nSPS) is 18.3. The molecule has 0 radical (unpaired) electrons.